The van der Waals surface area contributed by atoms with Gasteiger partial charge in [0.15, 0.2) is 5.11 Å². The maximum Gasteiger partial charge on any atom is 0.229 e. The molecule has 3 heterocycles. The highest BCUT2D eigenvalue weighted by Gasteiger charge is 2.43. The molecule has 1 fully saturated rings. The third-order valence-electron chi connectivity index (χ3n) is 8.14. The van der Waals surface area contributed by atoms with Crippen LogP contribution in [0.3, 0.4) is 0 Å². The Morgan fingerprint density at radius 2 is 1.90 bits per heavy atom. The smallest absolute Gasteiger partial charge is 0.229 e. The van der Waals surface area contributed by atoms with Gasteiger partial charge in [-0.3, -0.25) is 9.78 Å². The second-order valence-electron chi connectivity index (χ2n) is 12.5. The molecule has 0 spiro atoms. The first-order valence-corrected chi connectivity index (χ1v) is 14.8. The molecule has 0 bridgehead atoms. The number of hydrogen-bond acceptors (Lipinski definition) is 5. The highest BCUT2D eigenvalue weighted by Crippen LogP contribution is 2.48. The van der Waals surface area contributed by atoms with E-state index in [4.69, 9.17) is 28.6 Å². The van der Waals surface area contributed by atoms with E-state index in [1.807, 2.05) is 57.2 Å². The molecule has 1 aromatic heterocycles. The number of benzene rings is 2. The molecule has 0 unspecified atom stereocenters. The number of hydrogen-bond donors (Lipinski definition) is 2. The largest absolute Gasteiger partial charge is 0.494 e. The van der Waals surface area contributed by atoms with E-state index in [2.05, 4.69) is 71.4 Å². The van der Waals surface area contributed by atoms with Crippen LogP contribution in [0.4, 0.5) is 17.1 Å². The number of carbonyl (C=O) groups excluding carboxylic acids is 1. The van der Waals surface area contributed by atoms with E-state index in [9.17, 15) is 4.79 Å². The van der Waals surface area contributed by atoms with E-state index >= 15 is 0 Å². The van der Waals surface area contributed by atoms with E-state index in [1.54, 1.807) is 13.3 Å². The van der Waals surface area contributed by atoms with Crippen molar-refractivity contribution in [1.82, 2.24) is 10.3 Å². The third kappa shape index (κ3) is 5.34. The summed E-state index contributed by atoms with van der Waals surface area (Å²) in [7, 11) is 3.69. The number of ether oxygens (including phenoxy) is 1. The maximum absolute atomic E-state index is 12.7. The summed E-state index contributed by atoms with van der Waals surface area (Å²) in [6, 6.07) is 15.2. The Balaban J connectivity index is 1.65. The summed E-state index contributed by atoms with van der Waals surface area (Å²) in [5.41, 5.74) is 5.91. The number of allylic oxidation sites excluding steroid dienone is 1. The second-order valence-corrected chi connectivity index (χ2v) is 13.3. The number of anilines is 3. The van der Waals surface area contributed by atoms with Crippen molar-refractivity contribution < 1.29 is 9.53 Å². The number of pyridine rings is 1. The van der Waals surface area contributed by atoms with E-state index in [1.165, 1.54) is 5.57 Å². The van der Waals surface area contributed by atoms with Crippen LogP contribution in [0, 0.1) is 5.41 Å². The Labute approximate surface area is 258 Å². The van der Waals surface area contributed by atoms with Crippen LogP contribution in [0.25, 0.3) is 5.57 Å². The van der Waals surface area contributed by atoms with E-state index in [0.29, 0.717) is 21.6 Å². The number of methoxy groups -OCH3 is 1. The topological polar surface area (TPSA) is 69.7 Å². The van der Waals surface area contributed by atoms with Crippen LogP contribution >= 0.6 is 23.8 Å². The first kappa shape index (κ1) is 29.9. The second kappa shape index (κ2) is 10.9. The lowest BCUT2D eigenvalue weighted by atomic mass is 9.86. The zero-order valence-electron chi connectivity index (χ0n) is 25.4. The number of thiocarbonyl (C=S) groups is 1. The number of fused-ring (bicyclic) bond motifs is 1. The molecule has 0 aliphatic carbocycles. The number of nitrogens with one attached hydrogen (secondary N) is 2. The molecule has 2 aliphatic heterocycles. The van der Waals surface area contributed by atoms with E-state index in [0.717, 1.165) is 28.2 Å². The molecule has 220 valence electrons. The van der Waals surface area contributed by atoms with Crippen LogP contribution in [0.5, 0.6) is 5.75 Å². The molecule has 1 saturated heterocycles. The molecule has 9 heteroatoms. The predicted molar refractivity (Wildman–Crippen MR) is 177 cm³/mol. The number of likely N-dealkylation sites (N-methyl/N-ethyl adjacent to an activating group) is 1. The average Bonchev–Trinajstić information content (AvgIpc) is 3.28. The van der Waals surface area contributed by atoms with E-state index in [-0.39, 0.29) is 23.5 Å². The van der Waals surface area contributed by atoms with Gasteiger partial charge in [-0.25, -0.2) is 0 Å². The van der Waals surface area contributed by atoms with Crippen LogP contribution in [0.15, 0.2) is 60.8 Å². The molecule has 2 aliphatic rings. The Kier molecular flexibility index (Phi) is 7.75. The van der Waals surface area contributed by atoms with Gasteiger partial charge in [0.1, 0.15) is 5.75 Å². The van der Waals surface area contributed by atoms with Crippen molar-refractivity contribution >= 4 is 57.5 Å². The molecule has 3 aromatic rings. The lowest BCUT2D eigenvalue weighted by Gasteiger charge is -2.41. The van der Waals surface area contributed by atoms with Crippen LogP contribution in [-0.4, -0.2) is 35.7 Å². The van der Waals surface area contributed by atoms with Crippen molar-refractivity contribution in [1.29, 1.82) is 0 Å². The normalized spacial score (nSPS) is 19.6. The van der Waals surface area contributed by atoms with Gasteiger partial charge < -0.3 is 25.2 Å². The van der Waals surface area contributed by atoms with Crippen LogP contribution < -0.4 is 25.2 Å². The molecular formula is C33H38ClN5O2S. The molecule has 0 saturated carbocycles. The monoisotopic (exact) mass is 603 g/mol. The van der Waals surface area contributed by atoms with Crippen molar-refractivity contribution in [2.75, 3.05) is 29.3 Å². The fourth-order valence-electron chi connectivity index (χ4n) is 5.61. The molecule has 7 nitrogen and oxygen atoms in total. The molecule has 1 amide bonds. The number of aromatic nitrogens is 1. The summed E-state index contributed by atoms with van der Waals surface area (Å²) in [4.78, 5) is 21.7. The summed E-state index contributed by atoms with van der Waals surface area (Å²) < 4.78 is 5.73. The van der Waals surface area contributed by atoms with Gasteiger partial charge in [-0.05, 0) is 80.5 Å². The summed E-state index contributed by atoms with van der Waals surface area (Å²) >= 11 is 13.1. The van der Waals surface area contributed by atoms with Crippen molar-refractivity contribution in [3.8, 4) is 5.75 Å². The molecule has 2 aromatic carbocycles. The number of carbonyl (C=O) groups is 1. The number of nitrogens with zero attached hydrogens (tertiary/aromatic N) is 3. The van der Waals surface area contributed by atoms with Crippen molar-refractivity contribution in [3.63, 3.8) is 0 Å². The van der Waals surface area contributed by atoms with Gasteiger partial charge in [0.25, 0.3) is 0 Å². The minimum absolute atomic E-state index is 0.0996. The summed E-state index contributed by atoms with van der Waals surface area (Å²) in [5, 5.41) is 7.70. The first-order valence-electron chi connectivity index (χ1n) is 14.0. The number of rotatable bonds is 5. The Bertz CT molecular complexity index is 1580. The van der Waals surface area contributed by atoms with Crippen LogP contribution in [0.2, 0.25) is 5.02 Å². The predicted octanol–water partition coefficient (Wildman–Crippen LogP) is 7.54. The van der Waals surface area contributed by atoms with Gasteiger partial charge in [-0.2, -0.15) is 0 Å². The average molecular weight is 604 g/mol. The minimum Gasteiger partial charge on any atom is -0.494 e. The molecule has 42 heavy (non-hydrogen) atoms. The summed E-state index contributed by atoms with van der Waals surface area (Å²) in [6.45, 7) is 12.2. The Morgan fingerprint density at radius 3 is 2.55 bits per heavy atom. The number of halogens is 1. The molecule has 2 atom stereocenters. The maximum atomic E-state index is 12.7. The highest BCUT2D eigenvalue weighted by atomic mass is 35.5. The quantitative estimate of drug-likeness (QED) is 0.292. The molecular weight excluding hydrogens is 566 g/mol. The van der Waals surface area contributed by atoms with Gasteiger partial charge in [0, 0.05) is 46.7 Å². The van der Waals surface area contributed by atoms with Crippen LogP contribution in [0.1, 0.15) is 70.4 Å². The molecule has 2 N–H and O–H groups in total. The molecule has 5 rings (SSSR count). The Hall–Kier alpha value is -3.62. The molecule has 0 radical (unpaired) electrons. The SMILES string of the molecule is COc1cc(N2C(=S)N[C@@H](c3ccccn3)[C@@H]2c2cc3c(cc2Cl)N(C)C(C)(C)C=C3C)ccc1NC(=O)C(C)(C)C. The Morgan fingerprint density at radius 1 is 1.17 bits per heavy atom. The summed E-state index contributed by atoms with van der Waals surface area (Å²) in [5.74, 6) is 0.435. The van der Waals surface area contributed by atoms with Gasteiger partial charge in [-0.1, -0.05) is 44.5 Å². The standard InChI is InChI=1S/C33H38ClN5O2S/c1-19-18-33(5,6)38(7)26-17-23(34)22(16-21(19)26)29-28(25-11-9-10-14-35-25)37-31(42)39(29)20-12-13-24(27(15-20)41-8)36-30(40)32(2,3)4/h9-18,28-29H,1-8H3,(H,36,40)(H,37,42)/t28-,29-/m0/s1. The van der Waals surface area contributed by atoms with Gasteiger partial charge in [-0.15, -0.1) is 0 Å². The van der Waals surface area contributed by atoms with Gasteiger partial charge in [0.05, 0.1) is 36.1 Å². The summed E-state index contributed by atoms with van der Waals surface area (Å²) in [6.07, 6.45) is 4.07. The van der Waals surface area contributed by atoms with E-state index < -0.39 is 5.41 Å². The third-order valence-corrected chi connectivity index (χ3v) is 8.79. The zero-order chi connectivity index (χ0) is 30.6. The zero-order valence-corrected chi connectivity index (χ0v) is 26.9. The van der Waals surface area contributed by atoms with Crippen molar-refractivity contribution in [3.05, 3.63) is 82.6 Å². The van der Waals surface area contributed by atoms with Gasteiger partial charge >= 0.3 is 0 Å². The van der Waals surface area contributed by atoms with Crippen molar-refractivity contribution in [2.24, 2.45) is 5.41 Å². The lowest BCUT2D eigenvalue weighted by Crippen LogP contribution is -2.42. The van der Waals surface area contributed by atoms with Gasteiger partial charge in [0.2, 0.25) is 5.91 Å². The minimum atomic E-state index is -0.551. The highest BCUT2D eigenvalue weighted by molar-refractivity contribution is 7.80. The van der Waals surface area contributed by atoms with Crippen molar-refractivity contribution in [2.45, 2.75) is 59.2 Å². The lowest BCUT2D eigenvalue weighted by molar-refractivity contribution is -0.123. The fourth-order valence-corrected chi connectivity index (χ4v) is 6.22. The fraction of sp³-hybridized carbons (Fsp3) is 0.364. The first-order chi connectivity index (χ1) is 19.7. The number of amides is 1. The van der Waals surface area contributed by atoms with Crippen LogP contribution in [-0.2, 0) is 4.79 Å².